The zero-order valence-electron chi connectivity index (χ0n) is 25.8. The topological polar surface area (TPSA) is 73.1 Å². The van der Waals surface area contributed by atoms with Gasteiger partial charge in [0.15, 0.2) is 4.80 Å². The van der Waals surface area contributed by atoms with Gasteiger partial charge in [-0.25, -0.2) is 4.99 Å². The largest absolute Gasteiger partial charge is 0.496 e. The summed E-state index contributed by atoms with van der Waals surface area (Å²) in [5.74, 6) is 1.22. The van der Waals surface area contributed by atoms with E-state index in [-0.39, 0.29) is 11.5 Å². The molecule has 0 fully saturated rings. The third kappa shape index (κ3) is 5.81. The molecule has 0 unspecified atom stereocenters. The molecule has 2 heterocycles. The average molecular weight is 618 g/mol. The zero-order chi connectivity index (χ0) is 31.5. The monoisotopic (exact) mass is 617 g/mol. The lowest BCUT2D eigenvalue weighted by molar-refractivity contribution is -0.127. The third-order valence-electron chi connectivity index (χ3n) is 8.19. The van der Waals surface area contributed by atoms with Gasteiger partial charge in [-0.3, -0.25) is 14.2 Å². The number of hydrogen-bond acceptors (Lipinski definition) is 6. The van der Waals surface area contributed by atoms with Gasteiger partial charge in [0.2, 0.25) is 0 Å². The van der Waals surface area contributed by atoms with Crippen molar-refractivity contribution < 1.29 is 14.3 Å². The molecule has 228 valence electrons. The second-order valence-corrected chi connectivity index (χ2v) is 11.8. The maximum Gasteiger partial charge on any atom is 0.271 e. The van der Waals surface area contributed by atoms with Crippen LogP contribution in [0.5, 0.6) is 11.5 Å². The Balaban J connectivity index is 1.35. The van der Waals surface area contributed by atoms with Crippen LogP contribution in [-0.2, 0) is 11.4 Å². The molecule has 1 aromatic heterocycles. The second kappa shape index (κ2) is 13.0. The van der Waals surface area contributed by atoms with Crippen molar-refractivity contribution in [3.05, 3.63) is 139 Å². The van der Waals surface area contributed by atoms with E-state index in [0.717, 1.165) is 22.4 Å². The predicted octanol–water partition coefficient (Wildman–Crippen LogP) is 5.84. The van der Waals surface area contributed by atoms with Crippen LogP contribution in [0.4, 0.5) is 0 Å². The number of ether oxygens (including phenoxy) is 2. The van der Waals surface area contributed by atoms with E-state index < -0.39 is 6.04 Å². The highest BCUT2D eigenvalue weighted by Crippen LogP contribution is 2.36. The summed E-state index contributed by atoms with van der Waals surface area (Å²) in [7, 11) is 1.60. The minimum atomic E-state index is -0.669. The van der Waals surface area contributed by atoms with Crippen LogP contribution in [0, 0.1) is 0 Å². The molecule has 45 heavy (non-hydrogen) atoms. The van der Waals surface area contributed by atoms with E-state index >= 15 is 0 Å². The van der Waals surface area contributed by atoms with Gasteiger partial charge in [-0.05, 0) is 66.9 Å². The Labute approximate surface area is 266 Å². The molecule has 1 aliphatic heterocycles. The van der Waals surface area contributed by atoms with Crippen molar-refractivity contribution in [2.24, 2.45) is 4.99 Å². The number of hydrogen-bond donors (Lipinski definition) is 0. The highest BCUT2D eigenvalue weighted by molar-refractivity contribution is 7.07. The van der Waals surface area contributed by atoms with Crippen molar-refractivity contribution in [3.63, 3.8) is 0 Å². The minimum Gasteiger partial charge on any atom is -0.496 e. The number of allylic oxidation sites excluding steroid dienone is 1. The first-order valence-electron chi connectivity index (χ1n) is 15.1. The molecule has 7 nitrogen and oxygen atoms in total. The van der Waals surface area contributed by atoms with Gasteiger partial charge in [-0.15, -0.1) is 0 Å². The quantitative estimate of drug-likeness (QED) is 0.208. The van der Waals surface area contributed by atoms with Crippen LogP contribution in [0.25, 0.3) is 16.8 Å². The molecule has 1 amide bonds. The molecular weight excluding hydrogens is 582 g/mol. The van der Waals surface area contributed by atoms with Crippen molar-refractivity contribution >= 4 is 34.1 Å². The van der Waals surface area contributed by atoms with E-state index in [2.05, 4.69) is 24.3 Å². The number of likely N-dealkylation sites (N-methyl/N-ethyl adjacent to an activating group) is 1. The van der Waals surface area contributed by atoms with E-state index in [4.69, 9.17) is 14.5 Å². The molecule has 0 bridgehead atoms. The van der Waals surface area contributed by atoms with Crippen LogP contribution in [0.2, 0.25) is 0 Å². The Morgan fingerprint density at radius 1 is 0.956 bits per heavy atom. The minimum absolute atomic E-state index is 0.134. The molecule has 0 saturated heterocycles. The lowest BCUT2D eigenvalue weighted by Crippen LogP contribution is -2.43. The summed E-state index contributed by atoms with van der Waals surface area (Å²) in [6.07, 6.45) is 1.86. The molecule has 6 rings (SSSR count). The molecule has 1 aliphatic rings. The first-order valence-corrected chi connectivity index (χ1v) is 15.9. The summed E-state index contributed by atoms with van der Waals surface area (Å²) in [6, 6.07) is 29.1. The number of carbonyl (C=O) groups excluding carboxylic acids is 1. The normalized spacial score (nSPS) is 14.7. The van der Waals surface area contributed by atoms with Gasteiger partial charge in [0, 0.05) is 18.7 Å². The van der Waals surface area contributed by atoms with Crippen molar-refractivity contribution in [1.29, 1.82) is 0 Å². The number of methoxy groups -OCH3 is 1. The van der Waals surface area contributed by atoms with Crippen molar-refractivity contribution in [2.45, 2.75) is 33.4 Å². The van der Waals surface area contributed by atoms with Gasteiger partial charge < -0.3 is 14.4 Å². The van der Waals surface area contributed by atoms with E-state index in [1.165, 1.54) is 22.1 Å². The number of benzene rings is 4. The Hall–Kier alpha value is -4.95. The van der Waals surface area contributed by atoms with E-state index in [1.54, 1.807) is 16.6 Å². The van der Waals surface area contributed by atoms with Gasteiger partial charge in [-0.1, -0.05) is 84.1 Å². The van der Waals surface area contributed by atoms with Crippen molar-refractivity contribution in [2.75, 3.05) is 20.2 Å². The number of nitrogens with zero attached hydrogens (tertiary/aromatic N) is 3. The SMILES string of the molecule is CCN(CC)C(=O)C1=C(C)N=c2s/c(=C/c3ccc(OCc4cccc5ccccc45)cc3)c(=O)n2[C@@H]1c1ccccc1OC. The number of amides is 1. The van der Waals surface area contributed by atoms with Crippen LogP contribution < -0.4 is 24.4 Å². The Kier molecular flexibility index (Phi) is 8.67. The van der Waals surface area contributed by atoms with Crippen LogP contribution in [-0.4, -0.2) is 35.6 Å². The number of aromatic nitrogens is 1. The van der Waals surface area contributed by atoms with Crippen molar-refractivity contribution in [1.82, 2.24) is 9.47 Å². The Morgan fingerprint density at radius 2 is 1.67 bits per heavy atom. The molecule has 0 N–H and O–H groups in total. The van der Waals surface area contributed by atoms with Crippen LogP contribution in [0.1, 0.15) is 43.5 Å². The molecule has 0 saturated carbocycles. The summed E-state index contributed by atoms with van der Waals surface area (Å²) in [4.78, 5) is 35.0. The number of rotatable bonds is 9. The number of para-hydroxylation sites is 1. The number of fused-ring (bicyclic) bond motifs is 2. The van der Waals surface area contributed by atoms with Crippen LogP contribution in [0.3, 0.4) is 0 Å². The first kappa shape index (κ1) is 30.1. The number of thiazole rings is 1. The van der Waals surface area contributed by atoms with E-state index in [1.807, 2.05) is 93.6 Å². The second-order valence-electron chi connectivity index (χ2n) is 10.8. The highest BCUT2D eigenvalue weighted by atomic mass is 32.1. The fraction of sp³-hybridized carbons (Fsp3) is 0.216. The smallest absolute Gasteiger partial charge is 0.271 e. The van der Waals surface area contributed by atoms with Crippen molar-refractivity contribution in [3.8, 4) is 11.5 Å². The maximum atomic E-state index is 14.1. The van der Waals surface area contributed by atoms with Crippen LogP contribution >= 0.6 is 11.3 Å². The predicted molar refractivity (Wildman–Crippen MR) is 179 cm³/mol. The summed E-state index contributed by atoms with van der Waals surface area (Å²) >= 11 is 1.32. The Morgan fingerprint density at radius 3 is 2.42 bits per heavy atom. The van der Waals surface area contributed by atoms with Gasteiger partial charge in [-0.2, -0.15) is 0 Å². The standard InChI is InChI=1S/C37H35N3O4S/c1-5-39(6-2)36(42)33-24(3)38-37-40(34(33)30-16-9-10-17-31(30)43-4)35(41)32(45-37)22-25-18-20-28(21-19-25)44-23-27-14-11-13-26-12-7-8-15-29(26)27/h7-22,34H,5-6,23H2,1-4H3/b32-22+/t34-/m1/s1. The lowest BCUT2D eigenvalue weighted by atomic mass is 9.94. The molecule has 1 atom stereocenters. The van der Waals surface area contributed by atoms with Gasteiger partial charge in [0.1, 0.15) is 24.1 Å². The third-order valence-corrected chi connectivity index (χ3v) is 9.17. The summed E-state index contributed by atoms with van der Waals surface area (Å²) in [5, 5.41) is 2.36. The molecule has 5 aromatic rings. The van der Waals surface area contributed by atoms with Gasteiger partial charge in [0.25, 0.3) is 11.5 Å². The molecule has 0 spiro atoms. The molecule has 0 radical (unpaired) electrons. The average Bonchev–Trinajstić information content (AvgIpc) is 3.37. The number of carbonyl (C=O) groups is 1. The lowest BCUT2D eigenvalue weighted by Gasteiger charge is -2.29. The zero-order valence-corrected chi connectivity index (χ0v) is 26.6. The van der Waals surface area contributed by atoms with Gasteiger partial charge >= 0.3 is 0 Å². The molecule has 8 heteroatoms. The molecule has 0 aliphatic carbocycles. The summed E-state index contributed by atoms with van der Waals surface area (Å²) < 4.78 is 14.0. The fourth-order valence-electron chi connectivity index (χ4n) is 5.85. The highest BCUT2D eigenvalue weighted by Gasteiger charge is 2.35. The summed E-state index contributed by atoms with van der Waals surface area (Å²) in [6.45, 7) is 7.30. The summed E-state index contributed by atoms with van der Waals surface area (Å²) in [5.41, 5.74) is 3.60. The van der Waals surface area contributed by atoms with E-state index in [0.29, 0.717) is 46.0 Å². The van der Waals surface area contributed by atoms with Gasteiger partial charge in [0.05, 0.1) is 22.9 Å². The first-order chi connectivity index (χ1) is 21.9. The van der Waals surface area contributed by atoms with E-state index in [9.17, 15) is 9.59 Å². The molecule has 4 aromatic carbocycles. The van der Waals surface area contributed by atoms with Crippen LogP contribution in [0.15, 0.2) is 112 Å². The molecular formula is C37H35N3O4S. The maximum absolute atomic E-state index is 14.1. The fourth-order valence-corrected chi connectivity index (χ4v) is 6.90. The Bertz CT molecular complexity index is 2080.